The third-order valence-electron chi connectivity index (χ3n) is 1.86. The molecule has 0 aliphatic heterocycles. The molecule has 0 aliphatic rings. The van der Waals surface area contributed by atoms with Crippen LogP contribution in [-0.4, -0.2) is 55.9 Å². The lowest BCUT2D eigenvalue weighted by molar-refractivity contribution is -0.151. The van der Waals surface area contributed by atoms with Gasteiger partial charge >= 0.3 is 11.9 Å². The van der Waals surface area contributed by atoms with E-state index in [0.717, 1.165) is 0 Å². The molecule has 0 spiro atoms. The Bertz CT molecular complexity index is 275. The van der Waals surface area contributed by atoms with Gasteiger partial charge in [-0.15, -0.1) is 0 Å². The first-order valence-electron chi connectivity index (χ1n) is 5.65. The van der Waals surface area contributed by atoms with Gasteiger partial charge in [0, 0.05) is 13.0 Å². The van der Waals surface area contributed by atoms with E-state index in [0.29, 0.717) is 19.8 Å². The summed E-state index contributed by atoms with van der Waals surface area (Å²) in [4.78, 5) is 31.9. The Balaban J connectivity index is 3.37. The Hall–Kier alpha value is -1.47. The van der Waals surface area contributed by atoms with Crippen molar-refractivity contribution in [2.45, 2.75) is 19.8 Å². The lowest BCUT2D eigenvalue weighted by atomic mass is 10.2. The van der Waals surface area contributed by atoms with E-state index in [4.69, 9.17) is 19.3 Å². The number of carbonyl (C=O) groups excluding carboxylic acids is 2. The fourth-order valence-electron chi connectivity index (χ4n) is 0.973. The fraction of sp³-hybridized carbons (Fsp3) is 0.727. The maximum Gasteiger partial charge on any atom is 0.372 e. The summed E-state index contributed by atoms with van der Waals surface area (Å²) >= 11 is 0. The molecular formula is C11H18O7. The molecule has 0 fully saturated rings. The fourth-order valence-corrected chi connectivity index (χ4v) is 0.973. The standard InChI is InChI=1S/C11H18O7/c1-2-16-5-6-17-7-8-18-10(13)4-3-9(12)11(14)15/h2-8H2,1H3,(H,14,15). The lowest BCUT2D eigenvalue weighted by Gasteiger charge is -2.05. The molecule has 7 nitrogen and oxygen atoms in total. The summed E-state index contributed by atoms with van der Waals surface area (Å²) in [7, 11) is 0. The van der Waals surface area contributed by atoms with Crippen molar-refractivity contribution in [3.05, 3.63) is 0 Å². The number of ether oxygens (including phenoxy) is 3. The Labute approximate surface area is 105 Å². The molecule has 0 aromatic heterocycles. The summed E-state index contributed by atoms with van der Waals surface area (Å²) in [6.07, 6.45) is -0.580. The molecule has 1 N–H and O–H groups in total. The van der Waals surface area contributed by atoms with Gasteiger partial charge in [-0.05, 0) is 6.92 Å². The van der Waals surface area contributed by atoms with Crippen molar-refractivity contribution < 1.29 is 33.7 Å². The van der Waals surface area contributed by atoms with Crippen LogP contribution in [0.1, 0.15) is 19.8 Å². The normalized spacial score (nSPS) is 10.1. The second-order valence-corrected chi connectivity index (χ2v) is 3.26. The smallest absolute Gasteiger partial charge is 0.372 e. The molecule has 7 heteroatoms. The molecule has 0 heterocycles. The Kier molecular flexibility index (Phi) is 9.80. The number of carboxylic acids is 1. The maximum absolute atomic E-state index is 11.1. The van der Waals surface area contributed by atoms with Crippen molar-refractivity contribution in [3.63, 3.8) is 0 Å². The van der Waals surface area contributed by atoms with Gasteiger partial charge in [0.05, 0.1) is 26.2 Å². The zero-order chi connectivity index (χ0) is 13.8. The topological polar surface area (TPSA) is 99.1 Å². The number of ketones is 1. The molecule has 0 unspecified atom stereocenters. The summed E-state index contributed by atoms with van der Waals surface area (Å²) < 4.78 is 14.8. The predicted molar refractivity (Wildman–Crippen MR) is 60.1 cm³/mol. The van der Waals surface area contributed by atoms with Crippen molar-refractivity contribution in [1.29, 1.82) is 0 Å². The van der Waals surface area contributed by atoms with Crippen molar-refractivity contribution in [2.75, 3.05) is 33.0 Å². The van der Waals surface area contributed by atoms with Gasteiger partial charge in [-0.1, -0.05) is 0 Å². The number of esters is 1. The molecule has 0 amide bonds. The SMILES string of the molecule is CCOCCOCCOC(=O)CCC(=O)C(=O)O. The molecule has 0 aliphatic carbocycles. The molecule has 0 saturated carbocycles. The van der Waals surface area contributed by atoms with Crippen molar-refractivity contribution in [2.24, 2.45) is 0 Å². The summed E-state index contributed by atoms with van der Waals surface area (Å²) in [6, 6.07) is 0. The Morgan fingerprint density at radius 3 is 2.17 bits per heavy atom. The van der Waals surface area contributed by atoms with E-state index in [1.54, 1.807) is 0 Å². The van der Waals surface area contributed by atoms with Crippen LogP contribution in [0.3, 0.4) is 0 Å². The van der Waals surface area contributed by atoms with Gasteiger partial charge in [-0.25, -0.2) is 4.79 Å². The number of aliphatic carboxylic acids is 1. The van der Waals surface area contributed by atoms with Crippen molar-refractivity contribution in [3.8, 4) is 0 Å². The van der Waals surface area contributed by atoms with Gasteiger partial charge in [0.15, 0.2) is 0 Å². The van der Waals surface area contributed by atoms with Crippen molar-refractivity contribution >= 4 is 17.7 Å². The summed E-state index contributed by atoms with van der Waals surface area (Å²) in [5.41, 5.74) is 0. The van der Waals surface area contributed by atoms with E-state index in [1.165, 1.54) is 0 Å². The lowest BCUT2D eigenvalue weighted by Crippen LogP contribution is -2.16. The first kappa shape index (κ1) is 16.5. The average Bonchev–Trinajstić information content (AvgIpc) is 2.34. The highest BCUT2D eigenvalue weighted by Crippen LogP contribution is 1.95. The quantitative estimate of drug-likeness (QED) is 0.318. The number of Topliss-reactive ketones (excluding diaryl/α,β-unsaturated/α-hetero) is 1. The van der Waals surface area contributed by atoms with E-state index in [1.807, 2.05) is 6.92 Å². The summed E-state index contributed by atoms with van der Waals surface area (Å²) in [5.74, 6) is -3.15. The zero-order valence-electron chi connectivity index (χ0n) is 10.3. The van der Waals surface area contributed by atoms with Gasteiger partial charge < -0.3 is 19.3 Å². The minimum absolute atomic E-state index is 0.0756. The molecule has 0 aromatic rings. The number of carboxylic acid groups (broad SMARTS) is 1. The van der Waals surface area contributed by atoms with Crippen LogP contribution in [-0.2, 0) is 28.6 Å². The Morgan fingerprint density at radius 1 is 0.944 bits per heavy atom. The van der Waals surface area contributed by atoms with Crippen LogP contribution < -0.4 is 0 Å². The predicted octanol–water partition coefficient (Wildman–Crippen LogP) is 0.0166. The van der Waals surface area contributed by atoms with Crippen LogP contribution in [0.15, 0.2) is 0 Å². The molecular weight excluding hydrogens is 244 g/mol. The highest BCUT2D eigenvalue weighted by molar-refractivity contribution is 6.32. The molecule has 0 atom stereocenters. The van der Waals surface area contributed by atoms with E-state index >= 15 is 0 Å². The number of carbonyl (C=O) groups is 3. The van der Waals surface area contributed by atoms with E-state index in [-0.39, 0.29) is 26.1 Å². The molecule has 18 heavy (non-hydrogen) atoms. The number of hydrogen-bond donors (Lipinski definition) is 1. The first-order chi connectivity index (χ1) is 8.57. The highest BCUT2D eigenvalue weighted by atomic mass is 16.6. The third-order valence-corrected chi connectivity index (χ3v) is 1.86. The molecule has 0 rings (SSSR count). The monoisotopic (exact) mass is 262 g/mol. The minimum Gasteiger partial charge on any atom is -0.476 e. The van der Waals surface area contributed by atoms with Crippen LogP contribution in [0.4, 0.5) is 0 Å². The van der Waals surface area contributed by atoms with Crippen LogP contribution in [0.25, 0.3) is 0 Å². The van der Waals surface area contributed by atoms with E-state index in [9.17, 15) is 14.4 Å². The minimum atomic E-state index is -1.54. The molecule has 0 saturated heterocycles. The largest absolute Gasteiger partial charge is 0.476 e. The number of hydrogen-bond acceptors (Lipinski definition) is 6. The number of rotatable bonds is 11. The molecule has 0 bridgehead atoms. The van der Waals surface area contributed by atoms with Gasteiger partial charge in [-0.3, -0.25) is 9.59 Å². The maximum atomic E-state index is 11.1. The summed E-state index contributed by atoms with van der Waals surface area (Å²) in [6.45, 7) is 3.72. The third kappa shape index (κ3) is 9.73. The molecule has 0 aromatic carbocycles. The second kappa shape index (κ2) is 10.7. The Morgan fingerprint density at radius 2 is 1.56 bits per heavy atom. The second-order valence-electron chi connectivity index (χ2n) is 3.26. The zero-order valence-corrected chi connectivity index (χ0v) is 10.3. The van der Waals surface area contributed by atoms with E-state index in [2.05, 4.69) is 0 Å². The van der Waals surface area contributed by atoms with Crippen LogP contribution in [0.5, 0.6) is 0 Å². The first-order valence-corrected chi connectivity index (χ1v) is 5.65. The van der Waals surface area contributed by atoms with Gasteiger partial charge in [0.2, 0.25) is 5.78 Å². The van der Waals surface area contributed by atoms with Gasteiger partial charge in [0.1, 0.15) is 6.61 Å². The summed E-state index contributed by atoms with van der Waals surface area (Å²) in [5, 5.41) is 8.28. The van der Waals surface area contributed by atoms with Gasteiger partial charge in [0.25, 0.3) is 0 Å². The van der Waals surface area contributed by atoms with Crippen LogP contribution >= 0.6 is 0 Å². The van der Waals surface area contributed by atoms with Crippen LogP contribution in [0, 0.1) is 0 Å². The average molecular weight is 262 g/mol. The van der Waals surface area contributed by atoms with Crippen LogP contribution in [0.2, 0.25) is 0 Å². The van der Waals surface area contributed by atoms with Crippen molar-refractivity contribution in [1.82, 2.24) is 0 Å². The highest BCUT2D eigenvalue weighted by Gasteiger charge is 2.13. The molecule has 0 radical (unpaired) electrons. The van der Waals surface area contributed by atoms with Gasteiger partial charge in [-0.2, -0.15) is 0 Å². The molecule has 104 valence electrons. The van der Waals surface area contributed by atoms with E-state index < -0.39 is 17.7 Å².